The summed E-state index contributed by atoms with van der Waals surface area (Å²) in [6.07, 6.45) is 1.99. The van der Waals surface area contributed by atoms with Crippen molar-refractivity contribution in [2.75, 3.05) is 7.05 Å². The first kappa shape index (κ1) is 17.8. The van der Waals surface area contributed by atoms with Gasteiger partial charge >= 0.3 is 0 Å². The maximum atomic E-state index is 12.9. The molecule has 0 spiro atoms. The number of halogens is 2. The number of carbonyl (C=O) groups excluding carboxylic acids is 2. The number of carbonyl (C=O) groups is 2. The number of nitrogens with zero attached hydrogens (tertiary/aromatic N) is 1. The fourth-order valence-electron chi connectivity index (χ4n) is 2.70. The number of nitrogens with one attached hydrogen (secondary N) is 1. The molecule has 0 saturated heterocycles. The molecular weight excluding hydrogens is 359 g/mol. The molecule has 1 N–H and O–H groups in total. The van der Waals surface area contributed by atoms with Crippen molar-refractivity contribution in [2.45, 2.75) is 25.4 Å². The van der Waals surface area contributed by atoms with Crippen LogP contribution in [-0.2, 0) is 6.54 Å². The Kier molecular flexibility index (Phi) is 5.30. The first-order valence-electron chi connectivity index (χ1n) is 8.06. The lowest BCUT2D eigenvalue weighted by atomic mass is 10.1. The molecule has 1 aliphatic rings. The zero-order chi connectivity index (χ0) is 18.0. The van der Waals surface area contributed by atoms with Gasteiger partial charge in [-0.05, 0) is 48.7 Å². The molecule has 2 aromatic carbocycles. The lowest BCUT2D eigenvalue weighted by molar-refractivity contribution is 0.0729. The van der Waals surface area contributed by atoms with E-state index in [0.717, 1.165) is 18.4 Å². The highest BCUT2D eigenvalue weighted by Crippen LogP contribution is 2.31. The molecule has 0 heterocycles. The van der Waals surface area contributed by atoms with Gasteiger partial charge in [0.15, 0.2) is 0 Å². The standard InChI is InChI=1S/C19H18Cl2N2O2/c1-22-18(24)13-4-2-12(3-5-13)11-23(17-6-7-17)19(25)14-8-15(20)10-16(21)9-14/h2-5,8-10,17H,6-7,11H2,1H3,(H,22,24). The Labute approximate surface area is 156 Å². The van der Waals surface area contributed by atoms with E-state index in [1.54, 1.807) is 37.4 Å². The minimum atomic E-state index is -0.129. The van der Waals surface area contributed by atoms with Crippen molar-refractivity contribution in [1.82, 2.24) is 10.2 Å². The molecule has 4 nitrogen and oxygen atoms in total. The maximum absolute atomic E-state index is 12.9. The Bertz CT molecular complexity index is 781. The molecule has 1 fully saturated rings. The van der Waals surface area contributed by atoms with Gasteiger partial charge in [0.25, 0.3) is 11.8 Å². The molecule has 0 radical (unpaired) electrons. The third kappa shape index (κ3) is 4.33. The molecule has 0 unspecified atom stereocenters. The predicted molar refractivity (Wildman–Crippen MR) is 99.2 cm³/mol. The molecule has 0 atom stereocenters. The minimum absolute atomic E-state index is 0.0812. The zero-order valence-electron chi connectivity index (χ0n) is 13.8. The van der Waals surface area contributed by atoms with Gasteiger partial charge < -0.3 is 10.2 Å². The highest BCUT2D eigenvalue weighted by Gasteiger charge is 2.33. The molecule has 1 aliphatic carbocycles. The Balaban J connectivity index is 1.79. The maximum Gasteiger partial charge on any atom is 0.254 e. The second-order valence-electron chi connectivity index (χ2n) is 6.10. The molecule has 2 amide bonds. The molecule has 0 aliphatic heterocycles. The highest BCUT2D eigenvalue weighted by atomic mass is 35.5. The number of amides is 2. The van der Waals surface area contributed by atoms with E-state index in [4.69, 9.17) is 23.2 Å². The Morgan fingerprint density at radius 2 is 1.64 bits per heavy atom. The number of benzene rings is 2. The van der Waals surface area contributed by atoms with E-state index in [1.165, 1.54) is 0 Å². The fraction of sp³-hybridized carbons (Fsp3) is 0.263. The lowest BCUT2D eigenvalue weighted by Gasteiger charge is -2.23. The number of hydrogen-bond acceptors (Lipinski definition) is 2. The van der Waals surface area contributed by atoms with Crippen LogP contribution in [0.1, 0.15) is 39.1 Å². The largest absolute Gasteiger partial charge is 0.355 e. The molecule has 130 valence electrons. The van der Waals surface area contributed by atoms with Crippen LogP contribution in [0, 0.1) is 0 Å². The summed E-state index contributed by atoms with van der Waals surface area (Å²) in [4.78, 5) is 26.4. The monoisotopic (exact) mass is 376 g/mol. The zero-order valence-corrected chi connectivity index (χ0v) is 15.3. The summed E-state index contributed by atoms with van der Waals surface area (Å²) in [6.45, 7) is 0.488. The van der Waals surface area contributed by atoms with Crippen LogP contribution in [0.5, 0.6) is 0 Å². The summed E-state index contributed by atoms with van der Waals surface area (Å²) in [7, 11) is 1.60. The van der Waals surface area contributed by atoms with Crippen LogP contribution in [0.3, 0.4) is 0 Å². The molecule has 3 rings (SSSR count). The summed E-state index contributed by atoms with van der Waals surface area (Å²) < 4.78 is 0. The van der Waals surface area contributed by atoms with Gasteiger partial charge in [0.1, 0.15) is 0 Å². The molecule has 0 aromatic heterocycles. The van der Waals surface area contributed by atoms with Gasteiger partial charge in [0, 0.05) is 40.8 Å². The van der Waals surface area contributed by atoms with Crippen molar-refractivity contribution >= 4 is 35.0 Å². The van der Waals surface area contributed by atoms with Crippen molar-refractivity contribution in [3.8, 4) is 0 Å². The SMILES string of the molecule is CNC(=O)c1ccc(CN(C(=O)c2cc(Cl)cc(Cl)c2)C2CC2)cc1. The highest BCUT2D eigenvalue weighted by molar-refractivity contribution is 6.35. The lowest BCUT2D eigenvalue weighted by Crippen LogP contribution is -2.32. The van der Waals surface area contributed by atoms with E-state index in [0.29, 0.717) is 27.7 Å². The first-order chi connectivity index (χ1) is 12.0. The minimum Gasteiger partial charge on any atom is -0.355 e. The summed E-state index contributed by atoms with van der Waals surface area (Å²) in [5.74, 6) is -0.211. The van der Waals surface area contributed by atoms with E-state index in [1.807, 2.05) is 17.0 Å². The van der Waals surface area contributed by atoms with Crippen LogP contribution in [0.25, 0.3) is 0 Å². The van der Waals surface area contributed by atoms with Crippen LogP contribution < -0.4 is 5.32 Å². The third-order valence-corrected chi connectivity index (χ3v) is 4.59. The second kappa shape index (κ2) is 7.46. The Hall–Kier alpha value is -2.04. The van der Waals surface area contributed by atoms with Gasteiger partial charge in [-0.2, -0.15) is 0 Å². The molecule has 2 aromatic rings. The van der Waals surface area contributed by atoms with Gasteiger partial charge in [-0.1, -0.05) is 35.3 Å². The van der Waals surface area contributed by atoms with E-state index in [2.05, 4.69) is 5.32 Å². The molecule has 1 saturated carbocycles. The Morgan fingerprint density at radius 1 is 1.04 bits per heavy atom. The summed E-state index contributed by atoms with van der Waals surface area (Å²) >= 11 is 12.0. The van der Waals surface area contributed by atoms with Crippen LogP contribution >= 0.6 is 23.2 Å². The van der Waals surface area contributed by atoms with Crippen molar-refractivity contribution in [3.05, 3.63) is 69.2 Å². The van der Waals surface area contributed by atoms with Gasteiger partial charge in [-0.15, -0.1) is 0 Å². The van der Waals surface area contributed by atoms with Gasteiger partial charge in [0.05, 0.1) is 0 Å². The molecule has 6 heteroatoms. The van der Waals surface area contributed by atoms with E-state index >= 15 is 0 Å². The number of hydrogen-bond donors (Lipinski definition) is 1. The van der Waals surface area contributed by atoms with Crippen LogP contribution in [-0.4, -0.2) is 29.8 Å². The fourth-order valence-corrected chi connectivity index (χ4v) is 3.22. The van der Waals surface area contributed by atoms with Crippen molar-refractivity contribution < 1.29 is 9.59 Å². The van der Waals surface area contributed by atoms with E-state index in [-0.39, 0.29) is 17.9 Å². The topological polar surface area (TPSA) is 49.4 Å². The molecule has 25 heavy (non-hydrogen) atoms. The smallest absolute Gasteiger partial charge is 0.254 e. The van der Waals surface area contributed by atoms with E-state index in [9.17, 15) is 9.59 Å². The van der Waals surface area contributed by atoms with Crippen molar-refractivity contribution in [2.24, 2.45) is 0 Å². The molecule has 0 bridgehead atoms. The van der Waals surface area contributed by atoms with Gasteiger partial charge in [-0.25, -0.2) is 0 Å². The average Bonchev–Trinajstić information content (AvgIpc) is 3.43. The first-order valence-corrected chi connectivity index (χ1v) is 8.81. The normalized spacial score (nSPS) is 13.4. The van der Waals surface area contributed by atoms with Crippen LogP contribution in [0.2, 0.25) is 10.0 Å². The van der Waals surface area contributed by atoms with Gasteiger partial charge in [-0.3, -0.25) is 9.59 Å². The van der Waals surface area contributed by atoms with Crippen LogP contribution in [0.15, 0.2) is 42.5 Å². The van der Waals surface area contributed by atoms with Crippen LogP contribution in [0.4, 0.5) is 0 Å². The van der Waals surface area contributed by atoms with Gasteiger partial charge in [0.2, 0.25) is 0 Å². The Morgan fingerprint density at radius 3 is 2.16 bits per heavy atom. The van der Waals surface area contributed by atoms with Crippen molar-refractivity contribution in [3.63, 3.8) is 0 Å². The van der Waals surface area contributed by atoms with Crippen molar-refractivity contribution in [1.29, 1.82) is 0 Å². The average molecular weight is 377 g/mol. The second-order valence-corrected chi connectivity index (χ2v) is 6.97. The quantitative estimate of drug-likeness (QED) is 0.851. The summed E-state index contributed by atoms with van der Waals surface area (Å²) in [5.41, 5.74) is 2.06. The third-order valence-electron chi connectivity index (χ3n) is 4.15. The molecular formula is C19H18Cl2N2O2. The van der Waals surface area contributed by atoms with E-state index < -0.39 is 0 Å². The summed E-state index contributed by atoms with van der Waals surface area (Å²) in [6, 6.07) is 12.4. The predicted octanol–water partition coefficient (Wildman–Crippen LogP) is 4.16. The summed E-state index contributed by atoms with van der Waals surface area (Å²) in [5, 5.41) is 3.48. The number of rotatable bonds is 5.